The van der Waals surface area contributed by atoms with Crippen LogP contribution >= 0.6 is 0 Å². The van der Waals surface area contributed by atoms with Crippen molar-refractivity contribution in [1.82, 2.24) is 19.9 Å². The number of hydrogen-bond acceptors (Lipinski definition) is 20. The summed E-state index contributed by atoms with van der Waals surface area (Å²) in [7, 11) is 0. The van der Waals surface area contributed by atoms with Gasteiger partial charge >= 0.3 is 50.3 Å². The summed E-state index contributed by atoms with van der Waals surface area (Å²) in [4.78, 5) is 94.5. The molecule has 0 bridgehead atoms. The van der Waals surface area contributed by atoms with Gasteiger partial charge in [0.2, 0.25) is 0 Å². The van der Waals surface area contributed by atoms with Crippen LogP contribution in [-0.2, 0) is 83.2 Å². The van der Waals surface area contributed by atoms with Gasteiger partial charge in [-0.2, -0.15) is 0 Å². The molecule has 417 valence electrons. The minimum absolute atomic E-state index is 0. The molecule has 0 unspecified atom stereocenters. The van der Waals surface area contributed by atoms with Crippen LogP contribution in [-0.4, -0.2) is 138 Å². The van der Waals surface area contributed by atoms with Gasteiger partial charge in [0.25, 0.3) is 0 Å². The first-order chi connectivity index (χ1) is 25.4. The maximum absolute atomic E-state index is 10.2. The van der Waals surface area contributed by atoms with Gasteiger partial charge in [0, 0.05) is 0 Å². The number of hydrogen-bond donors (Lipinski definition) is 2. The van der Waals surface area contributed by atoms with Gasteiger partial charge in [0.15, 0.2) is 0 Å². The van der Waals surface area contributed by atoms with Gasteiger partial charge < -0.3 is 167 Å². The molecule has 0 aromatic carbocycles. The Morgan fingerprint density at radius 2 is 0.380 bits per heavy atom. The van der Waals surface area contributed by atoms with Crippen LogP contribution < -0.4 is 51.5 Å². The van der Waals surface area contributed by atoms with Crippen molar-refractivity contribution in [3.63, 3.8) is 0 Å². The number of rotatable bonds is 8. The third-order valence-corrected chi connectivity index (χ3v) is 5.82. The smallest absolute Gasteiger partial charge is 0.543 e. The second-order valence-electron chi connectivity index (χ2n) is 9.66. The number of nitrogens with two attached hydrogens (primary N) is 2. The van der Waals surface area contributed by atoms with E-state index in [4.69, 9.17) is 0 Å². The van der Waals surface area contributed by atoms with Crippen LogP contribution in [0.25, 0.3) is 0 Å². The zero-order valence-corrected chi connectivity index (χ0v) is 38.8. The van der Waals surface area contributed by atoms with Gasteiger partial charge in [-0.15, -0.1) is 0 Å². The van der Waals surface area contributed by atoms with Crippen LogP contribution in [0.4, 0.5) is 0 Å². The van der Waals surface area contributed by atoms with E-state index >= 15 is 0 Å². The summed E-state index contributed by atoms with van der Waals surface area (Å²) < 4.78 is 0. The molecule has 71 heavy (non-hydrogen) atoms. The van der Waals surface area contributed by atoms with Crippen molar-refractivity contribution in [2.45, 2.75) is 0 Å². The molecule has 1 aliphatic heterocycles. The van der Waals surface area contributed by atoms with E-state index in [0.717, 1.165) is 48.5 Å². The van der Waals surface area contributed by atoms with Gasteiger partial charge in [-0.05, 0) is 48.5 Å². The Kier molecular flexibility index (Phi) is 99.3. The summed E-state index contributed by atoms with van der Waals surface area (Å²) in [6, 6.07) is 14.1. The number of piperazine rings is 1. The largest absolute Gasteiger partial charge is 2.00 e. The van der Waals surface area contributed by atoms with Gasteiger partial charge in [-0.25, -0.2) is 19.9 Å². The van der Waals surface area contributed by atoms with Gasteiger partial charge in [-0.3, -0.25) is 0 Å². The van der Waals surface area contributed by atoms with Crippen molar-refractivity contribution in [2.24, 2.45) is 0 Å². The van der Waals surface area contributed by atoms with Crippen LogP contribution in [0.3, 0.4) is 0 Å². The number of carboxylic acid groups (broad SMARTS) is 8. The number of nitrogens with zero attached hydrogens (tertiary/aromatic N) is 4. The third kappa shape index (κ3) is 46.7. The average Bonchev–Trinajstić information content (AvgIpc) is 3.16. The zero-order valence-electron chi connectivity index (χ0n) is 35.7. The van der Waals surface area contributed by atoms with E-state index in [1.54, 1.807) is 0 Å². The van der Waals surface area contributed by atoms with Crippen molar-refractivity contribution in [1.29, 1.82) is 0 Å². The van der Waals surface area contributed by atoms with Crippen molar-refractivity contribution in [2.75, 3.05) is 26.2 Å². The molecular formula is C32H58Co3N6O30+6. The summed E-state index contributed by atoms with van der Waals surface area (Å²) in [5, 5.41) is 86.2. The minimum atomic E-state index is -1.52. The number of carbonyl (C=O) groups excluding carboxylic acids is 8. The molecule has 36 nitrogen and oxygen atoms in total. The van der Waals surface area contributed by atoms with E-state index < -0.39 is 93.3 Å². The van der Waals surface area contributed by atoms with Gasteiger partial charge in [0.05, 0.1) is 93.3 Å². The minimum Gasteiger partial charge on any atom is -0.543 e. The van der Waals surface area contributed by atoms with Gasteiger partial charge in [-0.1, -0.05) is 24.3 Å². The molecule has 4 aromatic heterocycles. The van der Waals surface area contributed by atoms with Crippen LogP contribution in [0.2, 0.25) is 0 Å². The Hall–Kier alpha value is -6.76. The number of pyridine rings is 4. The molecule has 38 N–H and O–H groups in total. The second-order valence-corrected chi connectivity index (χ2v) is 9.66. The Morgan fingerprint density at radius 3 is 0.451 bits per heavy atom. The molecule has 5 heterocycles. The van der Waals surface area contributed by atoms with Crippen molar-refractivity contribution in [3.8, 4) is 0 Å². The molecule has 39 heteroatoms. The summed E-state index contributed by atoms with van der Waals surface area (Å²) >= 11 is 0. The van der Waals surface area contributed by atoms with E-state index in [0.29, 0.717) is 0 Å². The van der Waals surface area contributed by atoms with Crippen LogP contribution in [0, 0.1) is 0 Å². The maximum Gasteiger partial charge on any atom is 2.00 e. The quantitative estimate of drug-likeness (QED) is 0.155. The molecule has 0 amide bonds. The van der Waals surface area contributed by atoms with Gasteiger partial charge in [0.1, 0.15) is 26.2 Å². The topological polar surface area (TPSA) is 856 Å². The summed E-state index contributed by atoms with van der Waals surface area (Å²) in [5.41, 5.74) is -3.36. The van der Waals surface area contributed by atoms with Crippen molar-refractivity contribution in [3.05, 3.63) is 118 Å². The second kappa shape index (κ2) is 61.3. The fraction of sp³-hybridized carbons (Fsp3) is 0.125. The molecule has 1 fully saturated rings. The standard InChI is InChI=1S/4C7H5NO4.C4H10N2.3Co.14H2O/c4*9-6(10)4-2-1-3-5(8-4)7(11)12;1-2-6-4-3-5-1;;;;;;;;;;;;;;;;;/h4*1-3H,(H,9,10)(H,11,12);5-6H,1-4H2;;;;14*1H2/q;;;;;3*+2;;;;;;;;;;;;;;. The van der Waals surface area contributed by atoms with Crippen molar-refractivity contribution >= 4 is 47.8 Å². The normalized spacial score (nSPS) is 8.34. The average molecular weight is 1180 g/mol. The maximum atomic E-state index is 10.2. The SMILES string of the molecule is C1C[NH2+]CC[NH2+]1.O.O.O.O.O.O.O.O.O=C([O-])c1cccc(C(=O)[O-])n1.O=C([O-])c1cccc(C(=O)[O-])n1.O=C([O-])c1cccc(C(=O)[O-])n1.O=C([O-])c1cccc(C(=O)[O-])n1.[Co+2].[Co+2].[Co+2].[OH3+].[OH3+].[OH3+].[OH3+].[OH3+].[OH3+]. The Balaban J connectivity index is -0.0000000326. The van der Waals surface area contributed by atoms with E-state index in [2.05, 4.69) is 30.6 Å². The molecule has 3 radical (unpaired) electrons. The van der Waals surface area contributed by atoms with E-state index in [1.807, 2.05) is 0 Å². The molecule has 4 aromatic rings. The molecule has 0 aliphatic carbocycles. The Labute approximate surface area is 427 Å². The Bertz CT molecular complexity index is 1620. The predicted molar refractivity (Wildman–Crippen MR) is 213 cm³/mol. The number of carbonyl (C=O) groups is 8. The van der Waals surface area contributed by atoms with Crippen LogP contribution in [0.5, 0.6) is 0 Å². The van der Waals surface area contributed by atoms with Crippen molar-refractivity contribution < 1.29 is 217 Å². The third-order valence-electron chi connectivity index (χ3n) is 5.82. The molecule has 1 saturated heterocycles. The molecular weight excluding hydrogens is 1130 g/mol. The first-order valence-electron chi connectivity index (χ1n) is 14.7. The summed E-state index contributed by atoms with van der Waals surface area (Å²) in [6.07, 6.45) is 0. The molecule has 0 spiro atoms. The molecule has 0 saturated carbocycles. The summed E-state index contributed by atoms with van der Waals surface area (Å²) in [5.74, 6) is -12.1. The molecule has 5 rings (SSSR count). The van der Waals surface area contributed by atoms with E-state index in [9.17, 15) is 79.2 Å². The number of aromatic carboxylic acids is 8. The number of carboxylic acids is 8. The first-order valence-corrected chi connectivity index (χ1v) is 14.7. The predicted octanol–water partition coefficient (Wildman–Crippen LogP) is -23.8. The van der Waals surface area contributed by atoms with Crippen LogP contribution in [0.15, 0.2) is 72.8 Å². The monoisotopic (exact) mass is 1180 g/mol. The summed E-state index contributed by atoms with van der Waals surface area (Å²) in [6.45, 7) is 5.28. The van der Waals surface area contributed by atoms with Crippen LogP contribution in [0.1, 0.15) is 83.9 Å². The first kappa shape index (κ1) is 115. The zero-order chi connectivity index (χ0) is 40.8. The fourth-order valence-corrected chi connectivity index (χ4v) is 3.41. The number of aromatic nitrogens is 4. The Morgan fingerprint density at radius 1 is 0.282 bits per heavy atom. The van der Waals surface area contributed by atoms with E-state index in [1.165, 1.54) is 50.4 Å². The van der Waals surface area contributed by atoms with E-state index in [-0.39, 0.29) is 127 Å². The molecule has 0 atom stereocenters. The fourth-order valence-electron chi connectivity index (χ4n) is 3.41. The molecule has 1 aliphatic rings. The number of quaternary nitrogens is 2.